The highest BCUT2D eigenvalue weighted by molar-refractivity contribution is 7.88. The second-order valence-electron chi connectivity index (χ2n) is 12.0. The zero-order valence-electron chi connectivity index (χ0n) is 24.6. The van der Waals surface area contributed by atoms with Gasteiger partial charge >= 0.3 is 6.09 Å². The van der Waals surface area contributed by atoms with E-state index < -0.39 is 21.7 Å². The summed E-state index contributed by atoms with van der Waals surface area (Å²) in [5, 5.41) is 0. The van der Waals surface area contributed by atoms with Crippen molar-refractivity contribution in [1.29, 1.82) is 0 Å². The number of amides is 2. The quantitative estimate of drug-likeness (QED) is 0.427. The van der Waals surface area contributed by atoms with Crippen molar-refractivity contribution in [3.05, 3.63) is 78.2 Å². The number of nitrogens with zero attached hydrogens (tertiary/aromatic N) is 5. The standard InChI is InChI=1S/C31H39N5O5S/c1-31(2,3)41-30(38)33-17-18-35(26(20-33)19-23-11-7-5-8-12-23)29(37)27-28(24-13-9-6-10-14-24)36(22-32-27)25-15-16-34(21-25)42(4,39)40/h5-14,22,25-26H,15-21H2,1-4H3/t25-,26-/m1/s1. The van der Waals surface area contributed by atoms with Gasteiger partial charge in [-0.1, -0.05) is 60.7 Å². The Labute approximate surface area is 247 Å². The summed E-state index contributed by atoms with van der Waals surface area (Å²) in [7, 11) is -3.33. The molecule has 0 unspecified atom stereocenters. The van der Waals surface area contributed by atoms with Gasteiger partial charge in [-0.25, -0.2) is 22.5 Å². The van der Waals surface area contributed by atoms with Gasteiger partial charge in [-0.3, -0.25) is 4.79 Å². The molecule has 0 spiro atoms. The first-order chi connectivity index (χ1) is 19.9. The van der Waals surface area contributed by atoms with Crippen LogP contribution in [-0.4, -0.2) is 94.7 Å². The van der Waals surface area contributed by atoms with E-state index in [1.807, 2.05) is 90.9 Å². The molecule has 0 saturated carbocycles. The van der Waals surface area contributed by atoms with E-state index in [0.29, 0.717) is 57.0 Å². The summed E-state index contributed by atoms with van der Waals surface area (Å²) in [5.74, 6) is -0.213. The van der Waals surface area contributed by atoms with Gasteiger partial charge in [-0.2, -0.15) is 0 Å². The molecule has 11 heteroatoms. The van der Waals surface area contributed by atoms with Gasteiger partial charge in [-0.15, -0.1) is 0 Å². The van der Waals surface area contributed by atoms with Gasteiger partial charge in [0, 0.05) is 38.3 Å². The molecule has 3 heterocycles. The van der Waals surface area contributed by atoms with Crippen LogP contribution < -0.4 is 0 Å². The van der Waals surface area contributed by atoms with Crippen LogP contribution in [0.1, 0.15) is 49.3 Å². The van der Waals surface area contributed by atoms with E-state index in [9.17, 15) is 18.0 Å². The SMILES string of the molecule is CC(C)(C)OC(=O)N1CCN(C(=O)c2ncn([C@@H]3CCN(S(C)(=O)=O)C3)c2-c2ccccc2)[C@H](Cc2ccccc2)C1. The predicted molar refractivity (Wildman–Crippen MR) is 161 cm³/mol. The van der Waals surface area contributed by atoms with E-state index in [1.54, 1.807) is 11.2 Å². The highest BCUT2D eigenvalue weighted by atomic mass is 32.2. The average Bonchev–Trinajstić information content (AvgIpc) is 3.61. The molecule has 2 fully saturated rings. The lowest BCUT2D eigenvalue weighted by Gasteiger charge is -2.41. The smallest absolute Gasteiger partial charge is 0.410 e. The number of aromatic nitrogens is 2. The third-order valence-corrected chi connectivity index (χ3v) is 9.01. The number of imidazole rings is 1. The summed E-state index contributed by atoms with van der Waals surface area (Å²) in [6.07, 6.45) is 3.69. The Bertz CT molecular complexity index is 1520. The van der Waals surface area contributed by atoms with Crippen LogP contribution in [0.3, 0.4) is 0 Å². The van der Waals surface area contributed by atoms with Crippen molar-refractivity contribution in [2.45, 2.75) is 51.3 Å². The van der Waals surface area contributed by atoms with Gasteiger partial charge in [0.15, 0.2) is 5.69 Å². The molecular formula is C31H39N5O5S. The number of piperazine rings is 1. The third-order valence-electron chi connectivity index (χ3n) is 7.74. The highest BCUT2D eigenvalue weighted by Gasteiger charge is 2.38. The second-order valence-corrected chi connectivity index (χ2v) is 14.0. The maximum Gasteiger partial charge on any atom is 0.410 e. The topological polar surface area (TPSA) is 105 Å². The van der Waals surface area contributed by atoms with Crippen LogP contribution in [0, 0.1) is 0 Å². The Hall–Kier alpha value is -3.70. The summed E-state index contributed by atoms with van der Waals surface area (Å²) in [4.78, 5) is 35.5. The first-order valence-electron chi connectivity index (χ1n) is 14.3. The van der Waals surface area contributed by atoms with Gasteiger partial charge in [0.2, 0.25) is 10.0 Å². The first-order valence-corrected chi connectivity index (χ1v) is 16.2. The number of carbonyl (C=O) groups excluding carboxylic acids is 2. The van der Waals surface area contributed by atoms with Gasteiger partial charge in [-0.05, 0) is 39.2 Å². The van der Waals surface area contributed by atoms with Gasteiger partial charge in [0.1, 0.15) is 5.60 Å². The van der Waals surface area contributed by atoms with Gasteiger partial charge in [0.25, 0.3) is 5.91 Å². The van der Waals surface area contributed by atoms with E-state index >= 15 is 0 Å². The van der Waals surface area contributed by atoms with E-state index in [-0.39, 0.29) is 18.0 Å². The molecule has 2 aliphatic rings. The van der Waals surface area contributed by atoms with Gasteiger partial charge < -0.3 is 19.1 Å². The lowest BCUT2D eigenvalue weighted by molar-refractivity contribution is 0.00429. The fourth-order valence-corrected chi connectivity index (χ4v) is 6.61. The summed E-state index contributed by atoms with van der Waals surface area (Å²) in [6, 6.07) is 19.1. The maximum atomic E-state index is 14.4. The fourth-order valence-electron chi connectivity index (χ4n) is 5.73. The molecule has 2 aliphatic heterocycles. The molecule has 5 rings (SSSR count). The lowest BCUT2D eigenvalue weighted by atomic mass is 10.0. The normalized spacial score (nSPS) is 20.1. The summed E-state index contributed by atoms with van der Waals surface area (Å²) >= 11 is 0. The molecule has 2 aromatic carbocycles. The molecule has 0 aliphatic carbocycles. The van der Waals surface area contributed by atoms with Crippen LogP contribution >= 0.6 is 0 Å². The molecule has 1 aromatic heterocycles. The lowest BCUT2D eigenvalue weighted by Crippen LogP contribution is -2.58. The van der Waals surface area contributed by atoms with Crippen molar-refractivity contribution in [3.8, 4) is 11.3 Å². The largest absolute Gasteiger partial charge is 0.444 e. The Morgan fingerprint density at radius 3 is 2.24 bits per heavy atom. The van der Waals surface area contributed by atoms with Crippen molar-refractivity contribution in [3.63, 3.8) is 0 Å². The van der Waals surface area contributed by atoms with Crippen LogP contribution in [-0.2, 0) is 21.2 Å². The molecule has 3 aromatic rings. The molecular weight excluding hydrogens is 554 g/mol. The number of carbonyl (C=O) groups is 2. The summed E-state index contributed by atoms with van der Waals surface area (Å²) in [6.45, 7) is 7.29. The molecule has 0 bridgehead atoms. The Balaban J connectivity index is 1.48. The summed E-state index contributed by atoms with van der Waals surface area (Å²) in [5.41, 5.74) is 2.27. The maximum absolute atomic E-state index is 14.4. The molecule has 2 amide bonds. The second kappa shape index (κ2) is 11.9. The average molecular weight is 594 g/mol. The number of hydrogen-bond acceptors (Lipinski definition) is 6. The molecule has 0 radical (unpaired) electrons. The molecule has 42 heavy (non-hydrogen) atoms. The van der Waals surface area contributed by atoms with E-state index in [1.165, 1.54) is 10.6 Å². The first kappa shape index (κ1) is 29.8. The Kier molecular flexibility index (Phi) is 8.43. The zero-order chi connectivity index (χ0) is 30.1. The van der Waals surface area contributed by atoms with Crippen molar-refractivity contribution < 1.29 is 22.7 Å². The van der Waals surface area contributed by atoms with Crippen LogP contribution in [0.4, 0.5) is 4.79 Å². The Morgan fingerprint density at radius 1 is 0.952 bits per heavy atom. The number of rotatable bonds is 6. The molecule has 2 atom stereocenters. The van der Waals surface area contributed by atoms with E-state index in [0.717, 1.165) is 11.1 Å². The van der Waals surface area contributed by atoms with Crippen molar-refractivity contribution in [2.75, 3.05) is 39.0 Å². The molecule has 224 valence electrons. The highest BCUT2D eigenvalue weighted by Crippen LogP contribution is 2.33. The van der Waals surface area contributed by atoms with E-state index in [4.69, 9.17) is 4.74 Å². The van der Waals surface area contributed by atoms with Crippen LogP contribution in [0.25, 0.3) is 11.3 Å². The summed E-state index contributed by atoms with van der Waals surface area (Å²) < 4.78 is 33.5. The number of hydrogen-bond donors (Lipinski definition) is 0. The minimum Gasteiger partial charge on any atom is -0.444 e. The van der Waals surface area contributed by atoms with Crippen molar-refractivity contribution in [1.82, 2.24) is 23.7 Å². The van der Waals surface area contributed by atoms with Crippen molar-refractivity contribution in [2.24, 2.45) is 0 Å². The zero-order valence-corrected chi connectivity index (χ0v) is 25.5. The van der Waals surface area contributed by atoms with Gasteiger partial charge in [0.05, 0.1) is 30.4 Å². The minimum atomic E-state index is -3.33. The number of sulfonamides is 1. The molecule has 0 N–H and O–H groups in total. The van der Waals surface area contributed by atoms with Crippen molar-refractivity contribution >= 4 is 22.0 Å². The fraction of sp³-hybridized carbons (Fsp3) is 0.452. The monoisotopic (exact) mass is 593 g/mol. The predicted octanol–water partition coefficient (Wildman–Crippen LogP) is 4.06. The molecule has 10 nitrogen and oxygen atoms in total. The van der Waals surface area contributed by atoms with Crippen LogP contribution in [0.2, 0.25) is 0 Å². The van der Waals surface area contributed by atoms with E-state index in [2.05, 4.69) is 4.98 Å². The Morgan fingerprint density at radius 2 is 1.62 bits per heavy atom. The number of benzene rings is 2. The molecule has 2 saturated heterocycles. The number of ether oxygens (including phenoxy) is 1. The van der Waals surface area contributed by atoms with Crippen LogP contribution in [0.5, 0.6) is 0 Å². The van der Waals surface area contributed by atoms with Crippen LogP contribution in [0.15, 0.2) is 67.0 Å². The minimum absolute atomic E-state index is 0.145. The third kappa shape index (κ3) is 6.68.